The van der Waals surface area contributed by atoms with Gasteiger partial charge in [-0.05, 0) is 43.5 Å². The van der Waals surface area contributed by atoms with E-state index >= 15 is 0 Å². The average molecular weight is 264 g/mol. The number of carbonyl (C=O) groups is 1. The molecule has 1 amide bonds. The number of carbonyl (C=O) groups excluding carboxylic acids is 1. The maximum absolute atomic E-state index is 12.5. The minimum absolute atomic E-state index is 0.0118. The van der Waals surface area contributed by atoms with Gasteiger partial charge in [-0.1, -0.05) is 13.8 Å². The van der Waals surface area contributed by atoms with Crippen LogP contribution in [0.15, 0.2) is 18.2 Å². The van der Waals surface area contributed by atoms with Crippen molar-refractivity contribution in [1.29, 1.82) is 0 Å². The molecule has 0 aliphatic carbocycles. The summed E-state index contributed by atoms with van der Waals surface area (Å²) in [7, 11) is 0. The van der Waals surface area contributed by atoms with Gasteiger partial charge in [0.2, 0.25) is 0 Å². The number of phenols is 1. The highest BCUT2D eigenvalue weighted by atomic mass is 16.3. The summed E-state index contributed by atoms with van der Waals surface area (Å²) in [5, 5.41) is 9.52. The lowest BCUT2D eigenvalue weighted by molar-refractivity contribution is 0.0674. The molecule has 1 aromatic carbocycles. The first-order valence-electron chi connectivity index (χ1n) is 6.85. The molecule has 0 unspecified atom stereocenters. The summed E-state index contributed by atoms with van der Waals surface area (Å²) in [4.78, 5) is 14.4. The monoisotopic (exact) mass is 264 g/mol. The first-order chi connectivity index (χ1) is 9.04. The predicted molar refractivity (Wildman–Crippen MR) is 77.3 cm³/mol. The van der Waals surface area contributed by atoms with Crippen molar-refractivity contribution in [3.05, 3.63) is 29.3 Å². The minimum Gasteiger partial charge on any atom is -0.508 e. The number of rotatable bonds is 6. The van der Waals surface area contributed by atoms with Gasteiger partial charge in [0.25, 0.3) is 5.91 Å². The van der Waals surface area contributed by atoms with Crippen molar-refractivity contribution in [3.8, 4) is 5.75 Å². The molecule has 0 radical (unpaired) electrons. The highest BCUT2D eigenvalue weighted by Crippen LogP contribution is 2.20. The third-order valence-corrected chi connectivity index (χ3v) is 3.46. The van der Waals surface area contributed by atoms with Crippen LogP contribution >= 0.6 is 0 Å². The molecular formula is C15H24N2O2. The molecule has 0 bridgehead atoms. The van der Waals surface area contributed by atoms with Crippen molar-refractivity contribution < 1.29 is 9.90 Å². The van der Waals surface area contributed by atoms with Crippen LogP contribution in [-0.4, -0.2) is 35.0 Å². The number of amides is 1. The molecule has 0 aliphatic rings. The Balaban J connectivity index is 3.01. The summed E-state index contributed by atoms with van der Waals surface area (Å²) in [6.07, 6.45) is 1.83. The van der Waals surface area contributed by atoms with E-state index < -0.39 is 0 Å². The molecule has 0 fully saturated rings. The number of hydrogen-bond acceptors (Lipinski definition) is 3. The normalized spacial score (nSPS) is 10.8. The highest BCUT2D eigenvalue weighted by molar-refractivity contribution is 5.94. The molecule has 106 valence electrons. The molecule has 1 rings (SSSR count). The highest BCUT2D eigenvalue weighted by Gasteiger charge is 2.21. The van der Waals surface area contributed by atoms with Gasteiger partial charge in [-0.15, -0.1) is 0 Å². The lowest BCUT2D eigenvalue weighted by Crippen LogP contribution is -2.42. The van der Waals surface area contributed by atoms with Gasteiger partial charge in [0, 0.05) is 24.7 Å². The largest absolute Gasteiger partial charge is 0.508 e. The van der Waals surface area contributed by atoms with Crippen LogP contribution < -0.4 is 5.73 Å². The lowest BCUT2D eigenvalue weighted by atomic mass is 10.1. The molecule has 0 atom stereocenters. The number of nitrogens with two attached hydrogens (primary N) is 1. The van der Waals surface area contributed by atoms with Crippen molar-refractivity contribution in [2.24, 2.45) is 5.73 Å². The van der Waals surface area contributed by atoms with Crippen molar-refractivity contribution in [1.82, 2.24) is 4.90 Å². The molecule has 0 saturated carbocycles. The minimum atomic E-state index is -0.0118. The van der Waals surface area contributed by atoms with E-state index in [4.69, 9.17) is 5.73 Å². The predicted octanol–water partition coefficient (Wildman–Crippen LogP) is 2.29. The van der Waals surface area contributed by atoms with Crippen LogP contribution in [0, 0.1) is 6.92 Å². The quantitative estimate of drug-likeness (QED) is 0.828. The Morgan fingerprint density at radius 2 is 2.00 bits per heavy atom. The van der Waals surface area contributed by atoms with E-state index in [9.17, 15) is 9.90 Å². The van der Waals surface area contributed by atoms with Gasteiger partial charge in [-0.3, -0.25) is 4.79 Å². The van der Waals surface area contributed by atoms with Crippen molar-refractivity contribution >= 4 is 5.91 Å². The fraction of sp³-hybridized carbons (Fsp3) is 0.533. The molecule has 4 nitrogen and oxygen atoms in total. The van der Waals surface area contributed by atoms with Crippen molar-refractivity contribution in [2.45, 2.75) is 39.7 Å². The Morgan fingerprint density at radius 1 is 1.37 bits per heavy atom. The smallest absolute Gasteiger partial charge is 0.254 e. The van der Waals surface area contributed by atoms with Crippen LogP contribution in [0.5, 0.6) is 5.75 Å². The second-order valence-electron chi connectivity index (χ2n) is 4.76. The number of aryl methyl sites for hydroxylation is 1. The maximum atomic E-state index is 12.5. The Labute approximate surface area is 115 Å². The van der Waals surface area contributed by atoms with Crippen LogP contribution in [0.25, 0.3) is 0 Å². The van der Waals surface area contributed by atoms with Crippen LogP contribution in [0.1, 0.15) is 42.6 Å². The number of phenolic OH excluding ortho intramolecular Hbond substituents is 1. The topological polar surface area (TPSA) is 66.6 Å². The SMILES string of the molecule is CCC(CC)N(CCN)C(=O)c1ccc(O)c(C)c1. The van der Waals surface area contributed by atoms with E-state index in [-0.39, 0.29) is 17.7 Å². The van der Waals surface area contributed by atoms with Gasteiger partial charge in [-0.25, -0.2) is 0 Å². The number of hydrogen-bond donors (Lipinski definition) is 2. The Morgan fingerprint density at radius 3 is 2.47 bits per heavy atom. The third-order valence-electron chi connectivity index (χ3n) is 3.46. The van der Waals surface area contributed by atoms with Crippen LogP contribution in [0.3, 0.4) is 0 Å². The van der Waals surface area contributed by atoms with Crippen LogP contribution in [0.2, 0.25) is 0 Å². The number of nitrogens with zero attached hydrogens (tertiary/aromatic N) is 1. The summed E-state index contributed by atoms with van der Waals surface area (Å²) >= 11 is 0. The summed E-state index contributed by atoms with van der Waals surface area (Å²) in [6, 6.07) is 5.17. The molecule has 0 aliphatic heterocycles. The molecule has 4 heteroatoms. The molecule has 0 aromatic heterocycles. The van der Waals surface area contributed by atoms with Crippen molar-refractivity contribution in [3.63, 3.8) is 0 Å². The second-order valence-corrected chi connectivity index (χ2v) is 4.76. The van der Waals surface area contributed by atoms with Crippen LogP contribution in [-0.2, 0) is 0 Å². The van der Waals surface area contributed by atoms with E-state index in [1.54, 1.807) is 25.1 Å². The Kier molecular flexibility index (Phi) is 5.83. The van der Waals surface area contributed by atoms with Gasteiger partial charge in [-0.2, -0.15) is 0 Å². The van der Waals surface area contributed by atoms with Gasteiger partial charge >= 0.3 is 0 Å². The molecule has 3 N–H and O–H groups in total. The number of benzene rings is 1. The standard InChI is InChI=1S/C15H24N2O2/c1-4-13(5-2)17(9-8-16)15(19)12-6-7-14(18)11(3)10-12/h6-7,10,13,18H,4-5,8-9,16H2,1-3H3. The molecule has 1 aromatic rings. The zero-order chi connectivity index (χ0) is 14.4. The Hall–Kier alpha value is -1.55. The molecular weight excluding hydrogens is 240 g/mol. The zero-order valence-electron chi connectivity index (χ0n) is 12.0. The van der Waals surface area contributed by atoms with Gasteiger partial charge in [0.1, 0.15) is 5.75 Å². The molecule has 19 heavy (non-hydrogen) atoms. The molecule has 0 heterocycles. The second kappa shape index (κ2) is 7.14. The summed E-state index contributed by atoms with van der Waals surface area (Å²) < 4.78 is 0. The van der Waals surface area contributed by atoms with Crippen LogP contribution in [0.4, 0.5) is 0 Å². The van der Waals surface area contributed by atoms with Crippen molar-refractivity contribution in [2.75, 3.05) is 13.1 Å². The first-order valence-corrected chi connectivity index (χ1v) is 6.85. The fourth-order valence-corrected chi connectivity index (χ4v) is 2.27. The maximum Gasteiger partial charge on any atom is 0.254 e. The van der Waals surface area contributed by atoms with E-state index in [0.29, 0.717) is 24.2 Å². The van der Waals surface area contributed by atoms with Gasteiger partial charge in [0.15, 0.2) is 0 Å². The van der Waals surface area contributed by atoms with E-state index in [1.165, 1.54) is 0 Å². The van der Waals surface area contributed by atoms with Gasteiger partial charge < -0.3 is 15.7 Å². The van der Waals surface area contributed by atoms with Gasteiger partial charge in [0.05, 0.1) is 0 Å². The first kappa shape index (κ1) is 15.5. The zero-order valence-corrected chi connectivity index (χ0v) is 12.0. The van der Waals surface area contributed by atoms with E-state index in [0.717, 1.165) is 12.8 Å². The third kappa shape index (κ3) is 3.70. The fourth-order valence-electron chi connectivity index (χ4n) is 2.27. The summed E-state index contributed by atoms with van der Waals surface area (Å²) in [5.74, 6) is 0.201. The van der Waals surface area contributed by atoms with E-state index in [1.807, 2.05) is 4.90 Å². The Bertz CT molecular complexity index is 428. The molecule has 0 spiro atoms. The number of aromatic hydroxyl groups is 1. The summed E-state index contributed by atoms with van der Waals surface area (Å²) in [6.45, 7) is 6.96. The van der Waals surface area contributed by atoms with E-state index in [2.05, 4.69) is 13.8 Å². The summed E-state index contributed by atoms with van der Waals surface area (Å²) in [5.41, 5.74) is 6.93. The lowest BCUT2D eigenvalue weighted by Gasteiger charge is -2.30. The molecule has 0 saturated heterocycles. The average Bonchev–Trinajstić information content (AvgIpc) is 2.41.